The average molecular weight is 346 g/mol. The van der Waals surface area contributed by atoms with E-state index < -0.39 is 4.92 Å². The molecular weight excluding hydrogens is 328 g/mol. The van der Waals surface area contributed by atoms with Crippen LogP contribution in [-0.4, -0.2) is 10.8 Å². The summed E-state index contributed by atoms with van der Waals surface area (Å²) >= 11 is 0. The summed E-state index contributed by atoms with van der Waals surface area (Å²) in [6.45, 7) is 2.01. The normalized spacial score (nSPS) is 10.3. The van der Waals surface area contributed by atoms with Crippen molar-refractivity contribution >= 4 is 17.3 Å². The number of benzene rings is 3. The van der Waals surface area contributed by atoms with Crippen LogP contribution in [-0.2, 0) is 6.54 Å². The van der Waals surface area contributed by atoms with Gasteiger partial charge in [0.1, 0.15) is 0 Å². The second kappa shape index (κ2) is 7.61. The molecule has 0 aliphatic carbocycles. The van der Waals surface area contributed by atoms with Crippen molar-refractivity contribution in [2.75, 3.05) is 4.90 Å². The number of carbonyl (C=O) groups excluding carboxylic acids is 1. The second-order valence-electron chi connectivity index (χ2n) is 5.97. The highest BCUT2D eigenvalue weighted by molar-refractivity contribution is 6.06. The van der Waals surface area contributed by atoms with Crippen molar-refractivity contribution in [3.05, 3.63) is 106 Å². The molecule has 5 nitrogen and oxygen atoms in total. The molecule has 3 aromatic carbocycles. The van der Waals surface area contributed by atoms with Crippen molar-refractivity contribution in [2.45, 2.75) is 13.5 Å². The van der Waals surface area contributed by atoms with E-state index in [9.17, 15) is 14.9 Å². The molecule has 26 heavy (non-hydrogen) atoms. The SMILES string of the molecule is Cc1ccc(N(Cc2ccccc2)C(=O)c2ccccc2)cc1[N+](=O)[O-]. The minimum Gasteiger partial charge on any atom is -0.304 e. The Labute approximate surface area is 151 Å². The third kappa shape index (κ3) is 3.78. The fourth-order valence-corrected chi connectivity index (χ4v) is 2.75. The van der Waals surface area contributed by atoms with Gasteiger partial charge >= 0.3 is 0 Å². The molecule has 5 heteroatoms. The maximum Gasteiger partial charge on any atom is 0.274 e. The number of nitro groups is 1. The Kier molecular flexibility index (Phi) is 5.08. The summed E-state index contributed by atoms with van der Waals surface area (Å²) < 4.78 is 0. The molecule has 130 valence electrons. The van der Waals surface area contributed by atoms with Gasteiger partial charge in [-0.15, -0.1) is 0 Å². The number of hydrogen-bond donors (Lipinski definition) is 0. The van der Waals surface area contributed by atoms with Gasteiger partial charge in [0.05, 0.1) is 17.2 Å². The zero-order valence-electron chi connectivity index (χ0n) is 14.3. The first-order chi connectivity index (χ1) is 12.6. The van der Waals surface area contributed by atoms with Gasteiger partial charge in [0, 0.05) is 17.2 Å². The molecule has 0 saturated carbocycles. The molecule has 3 aromatic rings. The number of carbonyl (C=O) groups is 1. The van der Waals surface area contributed by atoms with E-state index in [1.807, 2.05) is 36.4 Å². The monoisotopic (exact) mass is 346 g/mol. The minimum atomic E-state index is -0.424. The molecule has 0 radical (unpaired) electrons. The van der Waals surface area contributed by atoms with E-state index in [1.54, 1.807) is 48.2 Å². The van der Waals surface area contributed by atoms with Gasteiger partial charge in [0.15, 0.2) is 0 Å². The topological polar surface area (TPSA) is 63.5 Å². The van der Waals surface area contributed by atoms with Crippen LogP contribution < -0.4 is 4.90 Å². The van der Waals surface area contributed by atoms with Crippen molar-refractivity contribution in [3.63, 3.8) is 0 Å². The lowest BCUT2D eigenvalue weighted by molar-refractivity contribution is -0.385. The van der Waals surface area contributed by atoms with Gasteiger partial charge < -0.3 is 4.90 Å². The van der Waals surface area contributed by atoms with E-state index in [0.29, 0.717) is 23.4 Å². The maximum absolute atomic E-state index is 13.1. The van der Waals surface area contributed by atoms with Crippen LogP contribution in [0.5, 0.6) is 0 Å². The number of rotatable bonds is 5. The highest BCUT2D eigenvalue weighted by Crippen LogP contribution is 2.27. The summed E-state index contributed by atoms with van der Waals surface area (Å²) in [5.74, 6) is -0.201. The van der Waals surface area contributed by atoms with Gasteiger partial charge in [-0.3, -0.25) is 14.9 Å². The smallest absolute Gasteiger partial charge is 0.274 e. The van der Waals surface area contributed by atoms with Crippen molar-refractivity contribution in [1.29, 1.82) is 0 Å². The molecule has 0 bridgehead atoms. The molecular formula is C21H18N2O3. The Balaban J connectivity index is 2.04. The lowest BCUT2D eigenvalue weighted by atomic mass is 10.1. The highest BCUT2D eigenvalue weighted by Gasteiger charge is 2.21. The van der Waals surface area contributed by atoms with E-state index in [2.05, 4.69) is 0 Å². The molecule has 0 heterocycles. The van der Waals surface area contributed by atoms with E-state index in [0.717, 1.165) is 5.56 Å². The Bertz CT molecular complexity index is 925. The van der Waals surface area contributed by atoms with Crippen LogP contribution in [0.2, 0.25) is 0 Å². The summed E-state index contributed by atoms with van der Waals surface area (Å²) in [5, 5.41) is 11.3. The largest absolute Gasteiger partial charge is 0.304 e. The fourth-order valence-electron chi connectivity index (χ4n) is 2.75. The molecule has 0 atom stereocenters. The zero-order valence-corrected chi connectivity index (χ0v) is 14.3. The Morgan fingerprint density at radius 3 is 2.19 bits per heavy atom. The molecule has 0 saturated heterocycles. The number of nitrogens with zero attached hydrogens (tertiary/aromatic N) is 2. The van der Waals surface area contributed by atoms with Gasteiger partial charge in [0.25, 0.3) is 11.6 Å². The minimum absolute atomic E-state index is 0.00132. The van der Waals surface area contributed by atoms with Crippen molar-refractivity contribution in [1.82, 2.24) is 0 Å². The van der Waals surface area contributed by atoms with Crippen molar-refractivity contribution in [2.24, 2.45) is 0 Å². The fraction of sp³-hybridized carbons (Fsp3) is 0.0952. The first-order valence-electron chi connectivity index (χ1n) is 8.22. The molecule has 0 unspecified atom stereocenters. The lowest BCUT2D eigenvalue weighted by Crippen LogP contribution is -2.30. The number of aryl methyl sites for hydroxylation is 1. The zero-order chi connectivity index (χ0) is 18.5. The predicted molar refractivity (Wildman–Crippen MR) is 101 cm³/mol. The van der Waals surface area contributed by atoms with Crippen LogP contribution in [0.1, 0.15) is 21.5 Å². The van der Waals surface area contributed by atoms with E-state index in [4.69, 9.17) is 0 Å². The predicted octanol–water partition coefficient (Wildman–Crippen LogP) is 4.75. The maximum atomic E-state index is 13.1. The summed E-state index contributed by atoms with van der Waals surface area (Å²) in [4.78, 5) is 25.5. The number of nitro benzene ring substituents is 1. The van der Waals surface area contributed by atoms with Crippen LogP contribution in [0.3, 0.4) is 0 Å². The Hall–Kier alpha value is -3.47. The number of amides is 1. The molecule has 1 amide bonds. The molecule has 0 aromatic heterocycles. The summed E-state index contributed by atoms with van der Waals surface area (Å²) in [6.07, 6.45) is 0. The summed E-state index contributed by atoms with van der Waals surface area (Å²) in [6, 6.07) is 23.3. The first kappa shape index (κ1) is 17.4. The van der Waals surface area contributed by atoms with E-state index in [-0.39, 0.29) is 11.6 Å². The second-order valence-corrected chi connectivity index (χ2v) is 5.97. The third-order valence-electron chi connectivity index (χ3n) is 4.15. The number of hydrogen-bond acceptors (Lipinski definition) is 3. The molecule has 0 aliphatic rings. The average Bonchev–Trinajstić information content (AvgIpc) is 2.67. The van der Waals surface area contributed by atoms with Crippen LogP contribution in [0.15, 0.2) is 78.9 Å². The summed E-state index contributed by atoms with van der Waals surface area (Å²) in [5.41, 5.74) is 2.54. The van der Waals surface area contributed by atoms with Crippen LogP contribution in [0.4, 0.5) is 11.4 Å². The molecule has 0 N–H and O–H groups in total. The van der Waals surface area contributed by atoms with E-state index >= 15 is 0 Å². The Morgan fingerprint density at radius 1 is 0.962 bits per heavy atom. The van der Waals surface area contributed by atoms with Gasteiger partial charge in [-0.25, -0.2) is 0 Å². The summed E-state index contributed by atoms with van der Waals surface area (Å²) in [7, 11) is 0. The number of anilines is 1. The van der Waals surface area contributed by atoms with E-state index in [1.165, 1.54) is 6.07 Å². The molecule has 0 aliphatic heterocycles. The van der Waals surface area contributed by atoms with Gasteiger partial charge in [-0.2, -0.15) is 0 Å². The van der Waals surface area contributed by atoms with Crippen molar-refractivity contribution in [3.8, 4) is 0 Å². The van der Waals surface area contributed by atoms with Crippen molar-refractivity contribution < 1.29 is 9.72 Å². The van der Waals surface area contributed by atoms with Gasteiger partial charge in [-0.05, 0) is 30.7 Å². The quantitative estimate of drug-likeness (QED) is 0.495. The Morgan fingerprint density at radius 2 is 1.58 bits per heavy atom. The van der Waals surface area contributed by atoms with Gasteiger partial charge in [0.2, 0.25) is 0 Å². The van der Waals surface area contributed by atoms with Crippen LogP contribution in [0, 0.1) is 17.0 Å². The first-order valence-corrected chi connectivity index (χ1v) is 8.22. The van der Waals surface area contributed by atoms with Crippen LogP contribution in [0.25, 0.3) is 0 Å². The standard InChI is InChI=1S/C21H18N2O3/c1-16-12-13-19(14-20(16)23(25)26)22(15-17-8-4-2-5-9-17)21(24)18-10-6-3-7-11-18/h2-14H,15H2,1H3. The lowest BCUT2D eigenvalue weighted by Gasteiger charge is -2.23. The molecule has 0 spiro atoms. The molecule has 3 rings (SSSR count). The van der Waals surface area contributed by atoms with Crippen LogP contribution >= 0.6 is 0 Å². The third-order valence-corrected chi connectivity index (χ3v) is 4.15. The molecule has 0 fully saturated rings. The van der Waals surface area contributed by atoms with Gasteiger partial charge in [-0.1, -0.05) is 54.6 Å². The highest BCUT2D eigenvalue weighted by atomic mass is 16.6.